The second-order valence-electron chi connectivity index (χ2n) is 1.56. The summed E-state index contributed by atoms with van der Waals surface area (Å²) in [5.74, 6) is 0. The van der Waals surface area contributed by atoms with Crippen LogP contribution in [0, 0.1) is 0 Å². The summed E-state index contributed by atoms with van der Waals surface area (Å²) in [5, 5.41) is 0. The smallest absolute Gasteiger partial charge is 0.270 e. The van der Waals surface area contributed by atoms with E-state index in [1.54, 1.807) is 0 Å². The molecule has 0 radical (unpaired) electrons. The lowest BCUT2D eigenvalue weighted by Gasteiger charge is -2.10. The summed E-state index contributed by atoms with van der Waals surface area (Å²) in [4.78, 5) is 0. The number of rotatable bonds is 0. The van der Waals surface area contributed by atoms with Gasteiger partial charge in [-0.15, -0.1) is 8.78 Å². The van der Waals surface area contributed by atoms with Crippen LogP contribution in [0.5, 0.6) is 0 Å². The van der Waals surface area contributed by atoms with Crippen LogP contribution in [0.4, 0.5) is 8.78 Å². The normalized spacial score (nSPS) is 36.3. The molecule has 1 atom stereocenters. The first-order chi connectivity index (χ1) is 4.33. The Morgan fingerprint density at radius 3 is 1.90 bits per heavy atom. The number of halogens is 5. The van der Waals surface area contributed by atoms with E-state index in [0.717, 1.165) is 0 Å². The average molecular weight is 213 g/mol. The Labute approximate surface area is 69.9 Å². The predicted molar refractivity (Wildman–Crippen MR) is 31.2 cm³/mol. The van der Waals surface area contributed by atoms with Crippen molar-refractivity contribution in [3.63, 3.8) is 0 Å². The fraction of sp³-hybridized carbons (Fsp3) is 1.00. The van der Waals surface area contributed by atoms with E-state index in [1.807, 2.05) is 0 Å². The van der Waals surface area contributed by atoms with Crippen LogP contribution in [0.3, 0.4) is 0 Å². The van der Waals surface area contributed by atoms with Gasteiger partial charge >= 0.3 is 6.29 Å². The van der Waals surface area contributed by atoms with E-state index in [2.05, 4.69) is 9.47 Å². The second-order valence-corrected chi connectivity index (χ2v) is 3.27. The van der Waals surface area contributed by atoms with Gasteiger partial charge in [0.25, 0.3) is 4.52 Å². The molecular weight excluding hydrogens is 212 g/mol. The number of hydrogen-bond donors (Lipinski definition) is 0. The highest BCUT2D eigenvalue weighted by molar-refractivity contribution is 6.51. The van der Waals surface area contributed by atoms with Crippen LogP contribution in [-0.4, -0.2) is 16.4 Å². The molecule has 0 amide bonds. The van der Waals surface area contributed by atoms with Crippen LogP contribution < -0.4 is 0 Å². The van der Waals surface area contributed by atoms with Gasteiger partial charge in [-0.1, -0.05) is 34.8 Å². The van der Waals surface area contributed by atoms with Crippen molar-refractivity contribution in [2.75, 3.05) is 0 Å². The van der Waals surface area contributed by atoms with Gasteiger partial charge in [-0.05, 0) is 0 Å². The molecule has 1 heterocycles. The minimum absolute atomic E-state index is 1.56. The summed E-state index contributed by atoms with van der Waals surface area (Å²) in [6.07, 6.45) is -3.80. The SMILES string of the molecule is FC1(F)OC(Cl)C(Cl)(Cl)O1. The van der Waals surface area contributed by atoms with Crippen molar-refractivity contribution in [1.82, 2.24) is 0 Å². The highest BCUT2D eigenvalue weighted by atomic mass is 35.5. The summed E-state index contributed by atoms with van der Waals surface area (Å²) < 4.78 is 29.2. The van der Waals surface area contributed by atoms with Crippen LogP contribution >= 0.6 is 34.8 Å². The molecule has 1 aliphatic heterocycles. The lowest BCUT2D eigenvalue weighted by molar-refractivity contribution is -0.346. The van der Waals surface area contributed by atoms with Crippen LogP contribution in [0.15, 0.2) is 0 Å². The van der Waals surface area contributed by atoms with Crippen LogP contribution in [0.25, 0.3) is 0 Å². The van der Waals surface area contributed by atoms with Crippen molar-refractivity contribution in [2.45, 2.75) is 16.4 Å². The fourth-order valence-corrected chi connectivity index (χ4v) is 0.835. The molecule has 0 aliphatic carbocycles. The molecule has 10 heavy (non-hydrogen) atoms. The largest absolute Gasteiger partial charge is 0.489 e. The Morgan fingerprint density at radius 1 is 1.30 bits per heavy atom. The zero-order chi connectivity index (χ0) is 7.99. The minimum Gasteiger partial charge on any atom is -0.270 e. The molecule has 2 nitrogen and oxygen atoms in total. The molecule has 1 rings (SSSR count). The van der Waals surface area contributed by atoms with Crippen molar-refractivity contribution in [3.05, 3.63) is 0 Å². The molecule has 1 aliphatic rings. The molecule has 1 saturated heterocycles. The average Bonchev–Trinajstić information content (AvgIpc) is 1.73. The van der Waals surface area contributed by atoms with Gasteiger partial charge in [0.1, 0.15) is 0 Å². The lowest BCUT2D eigenvalue weighted by Crippen LogP contribution is -2.22. The van der Waals surface area contributed by atoms with Gasteiger partial charge in [0.15, 0.2) is 5.56 Å². The zero-order valence-corrected chi connectivity index (χ0v) is 6.55. The van der Waals surface area contributed by atoms with Crippen molar-refractivity contribution in [2.24, 2.45) is 0 Å². The molecule has 0 spiro atoms. The minimum atomic E-state index is -3.80. The van der Waals surface area contributed by atoms with Gasteiger partial charge in [-0.25, -0.2) is 0 Å². The van der Waals surface area contributed by atoms with E-state index in [4.69, 9.17) is 34.8 Å². The molecule has 7 heteroatoms. The molecule has 60 valence electrons. The van der Waals surface area contributed by atoms with Crippen molar-refractivity contribution in [3.8, 4) is 0 Å². The third kappa shape index (κ3) is 1.62. The maximum atomic E-state index is 12.0. The molecule has 0 saturated carbocycles. The Hall–Kier alpha value is 0.650. The van der Waals surface area contributed by atoms with Gasteiger partial charge in [0.05, 0.1) is 0 Å². The van der Waals surface area contributed by atoms with Crippen LogP contribution in [-0.2, 0) is 9.47 Å². The summed E-state index contributed by atoms with van der Waals surface area (Å²) >= 11 is 15.3. The summed E-state index contributed by atoms with van der Waals surface area (Å²) in [6, 6.07) is 0. The third-order valence-corrected chi connectivity index (χ3v) is 1.93. The summed E-state index contributed by atoms with van der Waals surface area (Å²) in [5.41, 5.74) is -1.56. The van der Waals surface area contributed by atoms with E-state index in [9.17, 15) is 8.78 Å². The van der Waals surface area contributed by atoms with E-state index in [0.29, 0.717) is 0 Å². The zero-order valence-electron chi connectivity index (χ0n) is 4.28. The van der Waals surface area contributed by atoms with Crippen molar-refractivity contribution >= 4 is 34.8 Å². The first kappa shape index (κ1) is 8.74. The molecule has 1 fully saturated rings. The fourth-order valence-electron chi connectivity index (χ4n) is 0.418. The molecule has 0 aromatic rings. The Bertz CT molecular complexity index is 151. The first-order valence-electron chi connectivity index (χ1n) is 2.11. The molecule has 1 unspecified atom stereocenters. The topological polar surface area (TPSA) is 18.5 Å². The second kappa shape index (κ2) is 2.32. The highest BCUT2D eigenvalue weighted by Crippen LogP contribution is 2.45. The summed E-state index contributed by atoms with van der Waals surface area (Å²) in [7, 11) is 0. The van der Waals surface area contributed by atoms with Crippen LogP contribution in [0.1, 0.15) is 0 Å². The Kier molecular flexibility index (Phi) is 2.03. The van der Waals surface area contributed by atoms with Gasteiger partial charge < -0.3 is 0 Å². The van der Waals surface area contributed by atoms with Gasteiger partial charge in [0.2, 0.25) is 0 Å². The van der Waals surface area contributed by atoms with E-state index >= 15 is 0 Å². The van der Waals surface area contributed by atoms with Gasteiger partial charge in [-0.3, -0.25) is 9.47 Å². The first-order valence-corrected chi connectivity index (χ1v) is 3.30. The molecular formula is C3HCl3F2O2. The summed E-state index contributed by atoms with van der Waals surface area (Å²) in [6.45, 7) is 0. The van der Waals surface area contributed by atoms with Gasteiger partial charge in [0, 0.05) is 0 Å². The van der Waals surface area contributed by atoms with Crippen molar-refractivity contribution < 1.29 is 18.3 Å². The Balaban J connectivity index is 2.71. The Morgan fingerprint density at radius 2 is 1.80 bits per heavy atom. The highest BCUT2D eigenvalue weighted by Gasteiger charge is 2.57. The van der Waals surface area contributed by atoms with Crippen LogP contribution in [0.2, 0.25) is 0 Å². The van der Waals surface area contributed by atoms with E-state index < -0.39 is 16.4 Å². The number of alkyl halides is 5. The molecule has 0 aromatic heterocycles. The van der Waals surface area contributed by atoms with E-state index in [-0.39, 0.29) is 0 Å². The third-order valence-electron chi connectivity index (χ3n) is 0.760. The standard InChI is InChI=1S/C3HCl3F2O2/c4-1-2(5,6)10-3(7,8)9-1/h1H. The lowest BCUT2D eigenvalue weighted by atomic mass is 10.8. The number of ether oxygens (including phenoxy) is 2. The van der Waals surface area contributed by atoms with Gasteiger partial charge in [-0.2, -0.15) is 0 Å². The number of hydrogen-bond acceptors (Lipinski definition) is 2. The molecule has 0 N–H and O–H groups in total. The monoisotopic (exact) mass is 212 g/mol. The van der Waals surface area contributed by atoms with Crippen molar-refractivity contribution in [1.29, 1.82) is 0 Å². The molecule has 0 bridgehead atoms. The maximum Gasteiger partial charge on any atom is 0.489 e. The quantitative estimate of drug-likeness (QED) is 0.575. The molecule has 0 aromatic carbocycles. The maximum absolute atomic E-state index is 12.0. The predicted octanol–water partition coefficient (Wildman–Crippen LogP) is 2.28. The van der Waals surface area contributed by atoms with E-state index in [1.165, 1.54) is 0 Å².